The lowest BCUT2D eigenvalue weighted by atomic mass is 10.0. The zero-order chi connectivity index (χ0) is 18.4. The molecule has 0 atom stereocenters. The van der Waals surface area contributed by atoms with Crippen molar-refractivity contribution in [2.45, 2.75) is 18.2 Å². The molecule has 0 aliphatic rings. The summed E-state index contributed by atoms with van der Waals surface area (Å²) < 4.78 is 30.5. The van der Waals surface area contributed by atoms with Crippen molar-refractivity contribution in [1.82, 2.24) is 4.98 Å². The lowest BCUT2D eigenvalue weighted by Crippen LogP contribution is -2.23. The topological polar surface area (TPSA) is 79.5 Å². The van der Waals surface area contributed by atoms with Gasteiger partial charge in [-0.3, -0.25) is 4.79 Å². The Morgan fingerprint density at radius 1 is 1.12 bits per heavy atom. The molecule has 136 valence electrons. The minimum atomic E-state index is -3.45. The van der Waals surface area contributed by atoms with Crippen LogP contribution in [0, 0.1) is 0 Å². The Morgan fingerprint density at radius 3 is 2.52 bits per heavy atom. The van der Waals surface area contributed by atoms with Crippen LogP contribution in [0.4, 0.5) is 5.69 Å². The van der Waals surface area contributed by atoms with E-state index in [1.54, 1.807) is 55.5 Å². The van der Waals surface area contributed by atoms with E-state index in [1.807, 2.05) is 6.92 Å². The number of nitrogens with one attached hydrogen (secondary N) is 1. The second kappa shape index (κ2) is 8.31. The van der Waals surface area contributed by atoms with Crippen molar-refractivity contribution in [1.29, 1.82) is 0 Å². The highest BCUT2D eigenvalue weighted by Gasteiger charge is 2.19. The lowest BCUT2D eigenvalue weighted by Gasteiger charge is -2.17. The van der Waals surface area contributed by atoms with Crippen molar-refractivity contribution in [2.75, 3.05) is 38.0 Å². The van der Waals surface area contributed by atoms with Crippen molar-refractivity contribution >= 4 is 15.5 Å². The van der Waals surface area contributed by atoms with E-state index in [0.717, 1.165) is 5.56 Å². The molecule has 0 fully saturated rings. The fraction of sp³-hybridized carbons (Fsp3) is 0.389. The van der Waals surface area contributed by atoms with Gasteiger partial charge in [0.15, 0.2) is 9.84 Å². The van der Waals surface area contributed by atoms with Gasteiger partial charge in [-0.15, -0.1) is 0 Å². The summed E-state index contributed by atoms with van der Waals surface area (Å²) in [6, 6.07) is 8.72. The maximum Gasteiger partial charge on any atom is 0.271 e. The highest BCUT2D eigenvalue weighted by Crippen LogP contribution is 2.23. The van der Waals surface area contributed by atoms with Crippen molar-refractivity contribution < 1.29 is 13.2 Å². The molecule has 0 saturated carbocycles. The first-order valence-electron chi connectivity index (χ1n) is 8.13. The Labute approximate surface area is 148 Å². The molecule has 1 aromatic carbocycles. The number of benzene rings is 1. The Hall–Kier alpha value is -2.12. The van der Waals surface area contributed by atoms with Gasteiger partial charge in [-0.05, 0) is 30.2 Å². The normalized spacial score (nSPS) is 11.5. The van der Waals surface area contributed by atoms with Crippen LogP contribution in [0.25, 0.3) is 0 Å². The number of nitrogens with zero attached hydrogens (tertiary/aromatic N) is 1. The van der Waals surface area contributed by atoms with Gasteiger partial charge in [-0.2, -0.15) is 0 Å². The molecule has 0 amide bonds. The number of hydrogen-bond acceptors (Lipinski definition) is 5. The molecule has 1 N–H and O–H groups in total. The smallest absolute Gasteiger partial charge is 0.271 e. The van der Waals surface area contributed by atoms with E-state index in [2.05, 4.69) is 4.98 Å². The summed E-state index contributed by atoms with van der Waals surface area (Å²) in [5.41, 5.74) is 1.79. The minimum Gasteiger partial charge on any atom is -0.381 e. The molecule has 2 aromatic rings. The number of aromatic nitrogens is 1. The number of sulfone groups is 1. The summed E-state index contributed by atoms with van der Waals surface area (Å²) in [5.74, 6) is -0.0617. The molecule has 0 aliphatic heterocycles. The number of rotatable bonds is 8. The van der Waals surface area contributed by atoms with E-state index in [-0.39, 0.29) is 17.9 Å². The third-order valence-electron chi connectivity index (χ3n) is 3.85. The first kappa shape index (κ1) is 19.2. The fourth-order valence-corrected chi connectivity index (χ4v) is 4.11. The molecule has 0 bridgehead atoms. The van der Waals surface area contributed by atoms with Gasteiger partial charge in [0.1, 0.15) is 5.69 Å². The van der Waals surface area contributed by atoms with Gasteiger partial charge in [-0.1, -0.05) is 18.2 Å². The van der Waals surface area contributed by atoms with Crippen LogP contribution in [0.1, 0.15) is 18.1 Å². The van der Waals surface area contributed by atoms with Crippen LogP contribution < -0.4 is 10.5 Å². The van der Waals surface area contributed by atoms with Gasteiger partial charge in [0.2, 0.25) is 0 Å². The predicted molar refractivity (Wildman–Crippen MR) is 99.2 cm³/mol. The molecular formula is C18H24N2O4S. The van der Waals surface area contributed by atoms with Gasteiger partial charge in [0, 0.05) is 33.3 Å². The number of pyridine rings is 1. The third kappa shape index (κ3) is 4.70. The number of aromatic amines is 1. The van der Waals surface area contributed by atoms with Gasteiger partial charge in [0.05, 0.1) is 17.3 Å². The molecule has 0 aliphatic carbocycles. The number of anilines is 1. The summed E-state index contributed by atoms with van der Waals surface area (Å²) >= 11 is 0. The van der Waals surface area contributed by atoms with Crippen LogP contribution in [0.3, 0.4) is 0 Å². The standard InChI is InChI=1S/C18H24N2O4S/c1-4-24-11-12-25(22,23)16-8-6-5-7-14(16)13-15-9-10-19-18(21)17(15)20(2)3/h5-10H,4,11-13H2,1-3H3,(H,19,21). The first-order chi connectivity index (χ1) is 11.9. The molecule has 1 heterocycles. The maximum atomic E-state index is 12.6. The zero-order valence-electron chi connectivity index (χ0n) is 14.8. The predicted octanol–water partition coefficient (Wildman–Crippen LogP) is 1.84. The number of hydrogen-bond donors (Lipinski definition) is 1. The van der Waals surface area contributed by atoms with Crippen molar-refractivity contribution in [3.8, 4) is 0 Å². The van der Waals surface area contributed by atoms with Crippen molar-refractivity contribution in [2.24, 2.45) is 0 Å². The SMILES string of the molecule is CCOCCS(=O)(=O)c1ccccc1Cc1cc[nH]c(=O)c1N(C)C. The fourth-order valence-electron chi connectivity index (χ4n) is 2.73. The summed E-state index contributed by atoms with van der Waals surface area (Å²) in [7, 11) is 0.130. The Kier molecular flexibility index (Phi) is 6.39. The first-order valence-corrected chi connectivity index (χ1v) is 9.78. The molecule has 25 heavy (non-hydrogen) atoms. The summed E-state index contributed by atoms with van der Waals surface area (Å²) in [6.07, 6.45) is 1.94. The molecule has 0 spiro atoms. The number of ether oxygens (including phenoxy) is 1. The van der Waals surface area contributed by atoms with E-state index >= 15 is 0 Å². The second-order valence-electron chi connectivity index (χ2n) is 5.88. The van der Waals surface area contributed by atoms with Crippen LogP contribution in [0.15, 0.2) is 46.2 Å². The lowest BCUT2D eigenvalue weighted by molar-refractivity contribution is 0.163. The molecular weight excluding hydrogens is 340 g/mol. The minimum absolute atomic E-state index is 0.0617. The van der Waals surface area contributed by atoms with Crippen molar-refractivity contribution in [3.05, 3.63) is 58.0 Å². The Morgan fingerprint density at radius 2 is 1.84 bits per heavy atom. The van der Waals surface area contributed by atoms with Gasteiger partial charge in [0.25, 0.3) is 5.56 Å². The molecule has 0 unspecified atom stereocenters. The Bertz CT molecular complexity index is 873. The maximum absolute atomic E-state index is 12.6. The average Bonchev–Trinajstić information content (AvgIpc) is 2.55. The summed E-state index contributed by atoms with van der Waals surface area (Å²) in [4.78, 5) is 16.8. The molecule has 1 aromatic heterocycles. The van der Waals surface area contributed by atoms with E-state index in [9.17, 15) is 13.2 Å². The largest absolute Gasteiger partial charge is 0.381 e. The van der Waals surface area contributed by atoms with Crippen LogP contribution in [0.2, 0.25) is 0 Å². The van der Waals surface area contributed by atoms with Gasteiger partial charge in [-0.25, -0.2) is 8.42 Å². The highest BCUT2D eigenvalue weighted by atomic mass is 32.2. The van der Waals surface area contributed by atoms with Crippen LogP contribution >= 0.6 is 0 Å². The monoisotopic (exact) mass is 364 g/mol. The van der Waals surface area contributed by atoms with Crippen LogP contribution in [-0.2, 0) is 21.0 Å². The van der Waals surface area contributed by atoms with Crippen LogP contribution in [0.5, 0.6) is 0 Å². The molecule has 6 nitrogen and oxygen atoms in total. The average molecular weight is 364 g/mol. The Balaban J connectivity index is 2.40. The molecule has 0 saturated heterocycles. The third-order valence-corrected chi connectivity index (χ3v) is 5.63. The molecule has 7 heteroatoms. The molecule has 0 radical (unpaired) electrons. The molecule has 2 rings (SSSR count). The van der Waals surface area contributed by atoms with E-state index in [1.165, 1.54) is 0 Å². The van der Waals surface area contributed by atoms with E-state index in [0.29, 0.717) is 29.2 Å². The van der Waals surface area contributed by atoms with Crippen LogP contribution in [-0.4, -0.2) is 46.5 Å². The second-order valence-corrected chi connectivity index (χ2v) is 7.95. The van der Waals surface area contributed by atoms with E-state index < -0.39 is 9.84 Å². The van der Waals surface area contributed by atoms with Gasteiger partial charge < -0.3 is 14.6 Å². The van der Waals surface area contributed by atoms with E-state index in [4.69, 9.17) is 4.74 Å². The quantitative estimate of drug-likeness (QED) is 0.723. The van der Waals surface area contributed by atoms with Crippen molar-refractivity contribution in [3.63, 3.8) is 0 Å². The number of H-pyrrole nitrogens is 1. The van der Waals surface area contributed by atoms with Gasteiger partial charge >= 0.3 is 0 Å². The highest BCUT2D eigenvalue weighted by molar-refractivity contribution is 7.91. The summed E-state index contributed by atoms with van der Waals surface area (Å²) in [6.45, 7) is 2.48. The summed E-state index contributed by atoms with van der Waals surface area (Å²) in [5, 5.41) is 0. The zero-order valence-corrected chi connectivity index (χ0v) is 15.6.